The zero-order chi connectivity index (χ0) is 37.7. The monoisotopic (exact) mass is 715 g/mol. The van der Waals surface area contributed by atoms with E-state index in [4.69, 9.17) is 14.1 Å². The van der Waals surface area contributed by atoms with E-state index < -0.39 is 31.2 Å². The largest absolute Gasteiger partial charge is 0.443 e. The number of benzene rings is 2. The van der Waals surface area contributed by atoms with Gasteiger partial charge >= 0.3 is 6.09 Å². The number of nitriles is 1. The first kappa shape index (κ1) is 37.9. The Kier molecular flexibility index (Phi) is 10.1. The van der Waals surface area contributed by atoms with Crippen molar-refractivity contribution < 1.29 is 23.1 Å². The van der Waals surface area contributed by atoms with Crippen LogP contribution < -0.4 is 15.1 Å². The molecule has 1 atom stereocenters. The van der Waals surface area contributed by atoms with Crippen molar-refractivity contribution in [1.82, 2.24) is 14.9 Å². The van der Waals surface area contributed by atoms with Crippen LogP contribution in [-0.2, 0) is 25.8 Å². The minimum atomic E-state index is -2.18. The Morgan fingerprint density at radius 1 is 1.12 bits per heavy atom. The van der Waals surface area contributed by atoms with E-state index in [9.17, 15) is 14.9 Å². The van der Waals surface area contributed by atoms with Crippen LogP contribution in [0.2, 0.25) is 18.1 Å². The normalized spacial score (nSPS) is 17.3. The van der Waals surface area contributed by atoms with Crippen molar-refractivity contribution in [1.29, 1.82) is 5.26 Å². The number of likely N-dealkylation sites (N-methyl/N-ethyl adjacent to an activating group) is 1. The van der Waals surface area contributed by atoms with E-state index in [1.165, 1.54) is 0 Å². The van der Waals surface area contributed by atoms with E-state index in [1.54, 1.807) is 45.2 Å². The molecule has 2 aliphatic rings. The molecule has 3 heterocycles. The van der Waals surface area contributed by atoms with Crippen molar-refractivity contribution in [3.05, 3.63) is 59.0 Å². The quantitative estimate of drug-likeness (QED) is 0.238. The molecule has 2 aliphatic heterocycles. The van der Waals surface area contributed by atoms with E-state index >= 15 is 4.39 Å². The number of rotatable bonds is 8. The van der Waals surface area contributed by atoms with Gasteiger partial charge < -0.3 is 24.3 Å². The number of hydrogen-bond acceptors (Lipinski definition) is 9. The Morgan fingerprint density at radius 2 is 1.82 bits per heavy atom. The molecule has 0 aliphatic carbocycles. The molecule has 51 heavy (non-hydrogen) atoms. The topological polar surface area (TPSA) is 124 Å². The number of nitrogens with zero attached hydrogens (tertiary/aromatic N) is 6. The molecule has 272 valence electrons. The van der Waals surface area contributed by atoms with Crippen LogP contribution >= 0.6 is 0 Å². The fourth-order valence-corrected chi connectivity index (χ4v) is 7.25. The molecular formula is C38H50FN7O4Si. The zero-order valence-electron chi connectivity index (χ0n) is 31.7. The summed E-state index contributed by atoms with van der Waals surface area (Å²) in [4.78, 5) is 40.4. The average molecular weight is 716 g/mol. The van der Waals surface area contributed by atoms with Crippen molar-refractivity contribution >= 4 is 43.3 Å². The number of nitrogens with one attached hydrogen (secondary N) is 1. The molecule has 0 spiro atoms. The molecule has 11 nitrogen and oxygen atoms in total. The molecule has 0 fully saturated rings. The maximum atomic E-state index is 15.8. The van der Waals surface area contributed by atoms with Gasteiger partial charge in [0.15, 0.2) is 14.1 Å². The van der Waals surface area contributed by atoms with Gasteiger partial charge in [-0.05, 0) is 95.3 Å². The highest BCUT2D eigenvalue weighted by atomic mass is 28.4. The number of amides is 2. The van der Waals surface area contributed by atoms with Crippen LogP contribution in [0.3, 0.4) is 0 Å². The minimum Gasteiger partial charge on any atom is -0.443 e. The number of carbonyl (C=O) groups excluding carboxylic acids is 2. The van der Waals surface area contributed by atoms with E-state index in [1.807, 2.05) is 47.9 Å². The van der Waals surface area contributed by atoms with E-state index in [2.05, 4.69) is 50.2 Å². The van der Waals surface area contributed by atoms with Crippen LogP contribution in [0.15, 0.2) is 36.5 Å². The molecule has 5 rings (SSSR count). The minimum absolute atomic E-state index is 0.0269. The zero-order valence-corrected chi connectivity index (χ0v) is 32.7. The van der Waals surface area contributed by atoms with Gasteiger partial charge in [0.25, 0.3) is 0 Å². The number of hydrogen-bond donors (Lipinski definition) is 1. The second-order valence-electron chi connectivity index (χ2n) is 16.6. The molecule has 1 unspecified atom stereocenters. The summed E-state index contributed by atoms with van der Waals surface area (Å²) in [5, 5.41) is 13.4. The van der Waals surface area contributed by atoms with Crippen LogP contribution in [0, 0.1) is 17.1 Å². The van der Waals surface area contributed by atoms with Crippen molar-refractivity contribution in [2.75, 3.05) is 55.5 Å². The maximum Gasteiger partial charge on any atom is 0.414 e. The highest BCUT2D eigenvalue weighted by Crippen LogP contribution is 2.47. The van der Waals surface area contributed by atoms with E-state index in [0.29, 0.717) is 53.3 Å². The van der Waals surface area contributed by atoms with Crippen LogP contribution in [0.4, 0.5) is 32.2 Å². The number of anilines is 4. The third-order valence-electron chi connectivity index (χ3n) is 9.87. The first-order chi connectivity index (χ1) is 23.6. The van der Waals surface area contributed by atoms with Crippen LogP contribution in [-0.4, -0.2) is 81.1 Å². The summed E-state index contributed by atoms with van der Waals surface area (Å²) in [5.41, 5.74) is 2.59. The lowest BCUT2D eigenvalue weighted by Gasteiger charge is -2.39. The van der Waals surface area contributed by atoms with Gasteiger partial charge in [0.1, 0.15) is 11.7 Å². The molecule has 1 aromatic heterocycles. The Hall–Kier alpha value is -4.38. The molecule has 0 bridgehead atoms. The first-order valence-electron chi connectivity index (χ1n) is 17.2. The van der Waals surface area contributed by atoms with Crippen LogP contribution in [0.1, 0.15) is 65.2 Å². The van der Waals surface area contributed by atoms with Crippen molar-refractivity contribution in [3.63, 3.8) is 0 Å². The molecule has 0 radical (unpaired) electrons. The highest BCUT2D eigenvalue weighted by Gasteiger charge is 2.47. The van der Waals surface area contributed by atoms with Gasteiger partial charge in [0.2, 0.25) is 11.9 Å². The van der Waals surface area contributed by atoms with Gasteiger partial charge in [-0.3, -0.25) is 9.69 Å². The third-order valence-corrected chi connectivity index (χ3v) is 14.4. The summed E-state index contributed by atoms with van der Waals surface area (Å²) >= 11 is 0. The summed E-state index contributed by atoms with van der Waals surface area (Å²) in [5.74, 6) is -0.369. The number of carbonyl (C=O) groups is 2. The Labute approximate surface area is 301 Å². The molecule has 2 aromatic carbocycles. The smallest absolute Gasteiger partial charge is 0.414 e. The third kappa shape index (κ3) is 7.78. The van der Waals surface area contributed by atoms with Gasteiger partial charge in [-0.1, -0.05) is 27.7 Å². The molecule has 2 amide bonds. The molecule has 13 heteroatoms. The fraction of sp³-hybridized carbons (Fsp3) is 0.500. The Bertz CT molecular complexity index is 1900. The van der Waals surface area contributed by atoms with Gasteiger partial charge in [-0.25, -0.2) is 19.2 Å². The van der Waals surface area contributed by atoms with Gasteiger partial charge in [-0.15, -0.1) is 0 Å². The number of ether oxygens (including phenoxy) is 1. The fourth-order valence-electron chi connectivity index (χ4n) is 6.14. The maximum absolute atomic E-state index is 15.8. The van der Waals surface area contributed by atoms with E-state index in [-0.39, 0.29) is 35.7 Å². The second-order valence-corrected chi connectivity index (χ2v) is 21.4. The molecule has 3 aromatic rings. The Morgan fingerprint density at radius 3 is 2.45 bits per heavy atom. The standard InChI is InChI=1S/C38H50FN7O4Si/c1-36(2,3)50-35(48)46-22-38(7,23-49-51(10,11)37(4,5)6)27-19-24(18-25(20-40)33(27)46)28-14-16-41-34(42-28)43-29-12-13-30-26(32(29)39)15-17-45(30)31(47)21-44(8)9/h12-14,16,18-19H,15,17,21-23H2,1-11H3,(H,41,42,43). The van der Waals surface area contributed by atoms with Crippen molar-refractivity contribution in [2.24, 2.45) is 0 Å². The lowest BCUT2D eigenvalue weighted by Crippen LogP contribution is -2.46. The van der Waals surface area contributed by atoms with E-state index in [0.717, 1.165) is 5.56 Å². The lowest BCUT2D eigenvalue weighted by atomic mass is 9.83. The molecular weight excluding hydrogens is 666 g/mol. The number of aromatic nitrogens is 2. The first-order valence-corrected chi connectivity index (χ1v) is 20.1. The summed E-state index contributed by atoms with van der Waals surface area (Å²) in [6, 6.07) is 11.0. The molecule has 0 saturated heterocycles. The SMILES string of the molecule is CN(C)CC(=O)N1CCc2c1ccc(Nc1nccc(-c3cc(C#N)c4c(c3)C(C)(CO[Si](C)(C)C(C)(C)C)CN4C(=O)OC(C)(C)C)n1)c2F. The van der Waals surface area contributed by atoms with Crippen LogP contribution in [0.5, 0.6) is 0 Å². The van der Waals surface area contributed by atoms with Gasteiger partial charge in [0.05, 0.1) is 29.2 Å². The predicted molar refractivity (Wildman–Crippen MR) is 201 cm³/mol. The number of fused-ring (bicyclic) bond motifs is 2. The summed E-state index contributed by atoms with van der Waals surface area (Å²) < 4.78 is 28.3. The summed E-state index contributed by atoms with van der Waals surface area (Å²) in [6.07, 6.45) is 1.45. The predicted octanol–water partition coefficient (Wildman–Crippen LogP) is 7.38. The van der Waals surface area contributed by atoms with Crippen molar-refractivity contribution in [3.8, 4) is 17.3 Å². The summed E-state index contributed by atoms with van der Waals surface area (Å²) in [7, 11) is 1.46. The van der Waals surface area contributed by atoms with Crippen molar-refractivity contribution in [2.45, 2.75) is 84.0 Å². The van der Waals surface area contributed by atoms with Crippen LogP contribution in [0.25, 0.3) is 11.3 Å². The van der Waals surface area contributed by atoms with Gasteiger partial charge in [-0.2, -0.15) is 5.26 Å². The number of halogens is 1. The lowest BCUT2D eigenvalue weighted by molar-refractivity contribution is -0.119. The highest BCUT2D eigenvalue weighted by molar-refractivity contribution is 6.74. The second kappa shape index (κ2) is 13.6. The Balaban J connectivity index is 1.51. The van der Waals surface area contributed by atoms with Gasteiger partial charge in [0, 0.05) is 48.1 Å². The average Bonchev–Trinajstić information content (AvgIpc) is 3.60. The molecule has 1 N–H and O–H groups in total. The summed E-state index contributed by atoms with van der Waals surface area (Å²) in [6.45, 7) is 19.7. The molecule has 0 saturated carbocycles.